The predicted molar refractivity (Wildman–Crippen MR) is 271 cm³/mol. The van der Waals surface area contributed by atoms with E-state index in [0.29, 0.717) is 21.9 Å². The average molecular weight is 858 g/mol. The zero-order valence-corrected chi connectivity index (χ0v) is 36.1. The van der Waals surface area contributed by atoms with Gasteiger partial charge in [-0.15, -0.1) is 0 Å². The van der Waals surface area contributed by atoms with Crippen LogP contribution in [0.15, 0.2) is 258 Å². The van der Waals surface area contributed by atoms with E-state index in [4.69, 9.17) is 11.0 Å². The molecule has 0 bridgehead atoms. The van der Waals surface area contributed by atoms with Crippen molar-refractivity contribution in [1.29, 1.82) is 0 Å². The highest BCUT2D eigenvalue weighted by Crippen LogP contribution is 2.61. The summed E-state index contributed by atoms with van der Waals surface area (Å²) in [5.74, 6) is 0. The highest BCUT2D eigenvalue weighted by molar-refractivity contribution is 7.99. The van der Waals surface area contributed by atoms with Crippen LogP contribution in [0.3, 0.4) is 0 Å². The van der Waals surface area contributed by atoms with Gasteiger partial charge in [-0.3, -0.25) is 0 Å². The Morgan fingerprint density at radius 1 is 0.391 bits per heavy atom. The van der Waals surface area contributed by atoms with Crippen LogP contribution in [0.2, 0.25) is 0 Å². The van der Waals surface area contributed by atoms with E-state index in [1.807, 2.05) is 30.3 Å². The number of nitrogens with zero attached hydrogens (tertiary/aromatic N) is 1. The topological polar surface area (TPSA) is 4.93 Å². The molecule has 0 atom stereocenters. The molecule has 3 heteroatoms. The van der Waals surface area contributed by atoms with Gasteiger partial charge >= 0.3 is 0 Å². The highest BCUT2D eigenvalue weighted by Gasteiger charge is 2.51. The Kier molecular flexibility index (Phi) is 6.44. The van der Waals surface area contributed by atoms with Gasteiger partial charge in [-0.2, -0.15) is 0 Å². The van der Waals surface area contributed by atoms with Crippen LogP contribution in [-0.4, -0.2) is 12.6 Å². The van der Waals surface area contributed by atoms with Crippen LogP contribution in [-0.2, 0) is 5.41 Å². The zero-order valence-electron chi connectivity index (χ0n) is 44.3. The molecule has 0 radical (unpaired) electrons. The molecule has 300 valence electrons. The summed E-state index contributed by atoms with van der Waals surface area (Å²) in [6.45, 7) is 0. The van der Waals surface area contributed by atoms with Crippen LogP contribution in [0.4, 0.5) is 0 Å². The minimum absolute atomic E-state index is 0.0595. The highest BCUT2D eigenvalue weighted by atomic mass is 32.2. The van der Waals surface area contributed by atoms with Crippen LogP contribution in [0.5, 0.6) is 0 Å². The van der Waals surface area contributed by atoms with E-state index in [2.05, 4.69) is 162 Å². The number of fused-ring (bicyclic) bond motifs is 11. The SMILES string of the molecule is [2H]c1c([2H])c([2H])c(-c2ccc3c(c2)c2cc(-c4c([2H])c([2H])c([2H])c([2H])c4[2H])cc4c2n3-c2cc([Si](c3ccccc3)(c3ccccc3)c3ccccc3)ccc2C42c3ccccc3Sc3ccccc32)c([2H])c1[2H]. The zero-order chi connectivity index (χ0) is 50.9. The lowest BCUT2D eigenvalue weighted by Gasteiger charge is -2.46. The minimum atomic E-state index is -3.15. The lowest BCUT2D eigenvalue weighted by Crippen LogP contribution is -2.74. The summed E-state index contributed by atoms with van der Waals surface area (Å²) in [6, 6.07) is 61.8. The molecule has 10 aromatic carbocycles. The first kappa shape index (κ1) is 28.3. The maximum Gasteiger partial charge on any atom is 0.179 e. The molecule has 2 aliphatic rings. The normalized spacial score (nSPS) is 15.6. The van der Waals surface area contributed by atoms with Crippen molar-refractivity contribution in [3.8, 4) is 27.9 Å². The summed E-state index contributed by atoms with van der Waals surface area (Å²) >= 11 is 1.71. The van der Waals surface area contributed by atoms with Crippen molar-refractivity contribution in [2.45, 2.75) is 15.2 Å². The number of aromatic nitrogens is 1. The van der Waals surface area contributed by atoms with Gasteiger partial charge < -0.3 is 4.57 Å². The first-order chi connectivity index (χ1) is 35.9. The molecule has 1 aromatic heterocycles. The second-order valence-corrected chi connectivity index (χ2v) is 21.3. The van der Waals surface area contributed by atoms with Gasteiger partial charge in [0.1, 0.15) is 0 Å². The molecule has 13 rings (SSSR count). The summed E-state index contributed by atoms with van der Waals surface area (Å²) in [4.78, 5) is 2.11. The molecule has 0 saturated carbocycles. The van der Waals surface area contributed by atoms with Crippen molar-refractivity contribution in [3.05, 3.63) is 271 Å². The molecule has 0 unspecified atom stereocenters. The molecular formula is C61H41NSSi. The fourth-order valence-electron chi connectivity index (χ4n) is 10.8. The molecule has 0 saturated heterocycles. The van der Waals surface area contributed by atoms with E-state index < -0.39 is 49.7 Å². The summed E-state index contributed by atoms with van der Waals surface area (Å²) in [5.41, 5.74) is 6.36. The summed E-state index contributed by atoms with van der Waals surface area (Å²) < 4.78 is 91.1. The first-order valence-electron chi connectivity index (χ1n) is 26.3. The molecule has 0 amide bonds. The number of hydrogen-bond acceptors (Lipinski definition) is 1. The smallest absolute Gasteiger partial charge is 0.179 e. The third-order valence-electron chi connectivity index (χ3n) is 13.3. The van der Waals surface area contributed by atoms with Crippen molar-refractivity contribution >= 4 is 62.4 Å². The van der Waals surface area contributed by atoms with Crippen molar-refractivity contribution in [2.75, 3.05) is 0 Å². The van der Waals surface area contributed by atoms with Gasteiger partial charge in [0.05, 0.1) is 35.8 Å². The Morgan fingerprint density at radius 3 is 1.48 bits per heavy atom. The van der Waals surface area contributed by atoms with Crippen molar-refractivity contribution in [2.24, 2.45) is 0 Å². The van der Waals surface area contributed by atoms with E-state index in [0.717, 1.165) is 54.0 Å². The lowest BCUT2D eigenvalue weighted by atomic mass is 9.62. The molecular weight excluding hydrogens is 807 g/mol. The summed E-state index contributed by atoms with van der Waals surface area (Å²) in [7, 11) is -3.15. The van der Waals surface area contributed by atoms with Gasteiger partial charge in [0.15, 0.2) is 8.07 Å². The number of benzene rings is 10. The third-order valence-corrected chi connectivity index (χ3v) is 19.3. The van der Waals surface area contributed by atoms with Crippen molar-refractivity contribution in [3.63, 3.8) is 0 Å². The number of rotatable bonds is 6. The maximum atomic E-state index is 9.35. The summed E-state index contributed by atoms with van der Waals surface area (Å²) in [6.07, 6.45) is 0. The van der Waals surface area contributed by atoms with E-state index >= 15 is 0 Å². The summed E-state index contributed by atoms with van der Waals surface area (Å²) in [5, 5.41) is 6.17. The minimum Gasteiger partial charge on any atom is -0.309 e. The van der Waals surface area contributed by atoms with Gasteiger partial charge in [-0.25, -0.2) is 0 Å². The Bertz CT molecular complexity index is 3980. The van der Waals surface area contributed by atoms with Crippen LogP contribution < -0.4 is 20.7 Å². The standard InChI is InChI=1S/C61H41NSSi/c1-6-20-42(21-7-1)44-34-37-56-50(38-44)51-39-45(43-22-8-2-9-23-43)40-55-60(51)62(56)57-41-49(35-36-52(57)61(55)53-30-16-18-32-58(53)63-59-33-19-17-31-54(59)61)64(46-24-10-3-11-25-46,47-26-12-4-13-27-47)48-28-14-5-15-29-48/h1-41H/i1D,2D,6D,7D,8D,9D,20D,21D,22D,23D. The maximum absolute atomic E-state index is 9.35. The van der Waals surface area contributed by atoms with Gasteiger partial charge in [0.25, 0.3) is 0 Å². The van der Waals surface area contributed by atoms with Crippen LogP contribution in [0.1, 0.15) is 36.0 Å². The fourth-order valence-corrected chi connectivity index (χ4v) is 16.8. The molecule has 64 heavy (non-hydrogen) atoms. The van der Waals surface area contributed by atoms with E-state index in [9.17, 15) is 2.74 Å². The molecule has 2 aliphatic heterocycles. The molecule has 0 aliphatic carbocycles. The molecule has 0 N–H and O–H groups in total. The van der Waals surface area contributed by atoms with Gasteiger partial charge in [-0.05, 0) is 108 Å². The third kappa shape index (κ3) is 5.26. The van der Waals surface area contributed by atoms with Crippen LogP contribution in [0.25, 0.3) is 49.7 Å². The molecule has 11 aromatic rings. The Morgan fingerprint density at radius 2 is 0.906 bits per heavy atom. The van der Waals surface area contributed by atoms with Crippen LogP contribution in [0, 0.1) is 0 Å². The van der Waals surface area contributed by atoms with Gasteiger partial charge in [0.2, 0.25) is 0 Å². The van der Waals surface area contributed by atoms with Gasteiger partial charge in [0, 0.05) is 20.6 Å². The van der Waals surface area contributed by atoms with E-state index in [1.165, 1.54) is 15.6 Å². The Labute approximate surface area is 393 Å². The quantitative estimate of drug-likeness (QED) is 0.119. The van der Waals surface area contributed by atoms with Gasteiger partial charge in [-0.1, -0.05) is 218 Å². The molecule has 3 heterocycles. The Balaban J connectivity index is 1.26. The van der Waals surface area contributed by atoms with Crippen molar-refractivity contribution < 1.29 is 13.7 Å². The molecule has 0 fully saturated rings. The predicted octanol–water partition coefficient (Wildman–Crippen LogP) is 12.7. The van der Waals surface area contributed by atoms with E-state index in [1.54, 1.807) is 11.8 Å². The molecule has 1 spiro atoms. The number of hydrogen-bond donors (Lipinski definition) is 0. The van der Waals surface area contributed by atoms with Crippen LogP contribution >= 0.6 is 11.8 Å². The second-order valence-electron chi connectivity index (χ2n) is 16.4. The fraction of sp³-hybridized carbons (Fsp3) is 0.0164. The second kappa shape index (κ2) is 14.6. The largest absolute Gasteiger partial charge is 0.309 e. The molecule has 1 nitrogen and oxygen atoms in total. The first-order valence-corrected chi connectivity index (χ1v) is 24.2. The van der Waals surface area contributed by atoms with Crippen molar-refractivity contribution in [1.82, 2.24) is 4.57 Å². The monoisotopic (exact) mass is 857 g/mol. The van der Waals surface area contributed by atoms with E-state index in [-0.39, 0.29) is 35.3 Å². The Hall–Kier alpha value is -7.43. The lowest BCUT2D eigenvalue weighted by molar-refractivity contribution is 0.690. The average Bonchev–Trinajstić information content (AvgIpc) is 3.81.